The largest absolute Gasteiger partial charge is 0.478 e. The van der Waals surface area contributed by atoms with E-state index < -0.39 is 11.9 Å². The van der Waals surface area contributed by atoms with Crippen LogP contribution in [0.15, 0.2) is 18.3 Å². The number of aromatic carboxylic acids is 1. The topological polar surface area (TPSA) is 96.4 Å². The molecule has 0 unspecified atom stereocenters. The van der Waals surface area contributed by atoms with E-state index in [9.17, 15) is 14.4 Å². The molecule has 0 aromatic carbocycles. The number of amides is 1. The number of hydrogen-bond donors (Lipinski definition) is 2. The Balaban J connectivity index is 1.38. The molecule has 4 aliphatic rings. The average molecular weight is 342 g/mol. The molecule has 0 aliphatic heterocycles. The SMILES string of the molecule is O=C(O)c1ccc(C(=O)NCC(=O)C23CC4CC(CC(C4)C2)C3)nc1. The standard InChI is InChI=1S/C19H22N2O4/c22-16(19-6-11-3-12(7-19)5-13(4-11)8-19)10-21-17(23)15-2-1-14(9-20-15)18(24)25/h1-2,9,11-13H,3-8,10H2,(H,21,23)(H,24,25). The fourth-order valence-electron chi connectivity index (χ4n) is 5.55. The van der Waals surface area contributed by atoms with Gasteiger partial charge in [-0.25, -0.2) is 4.79 Å². The number of rotatable bonds is 5. The summed E-state index contributed by atoms with van der Waals surface area (Å²) in [7, 11) is 0. The second-order valence-electron chi connectivity index (χ2n) is 8.04. The molecular formula is C19H22N2O4. The quantitative estimate of drug-likeness (QED) is 0.856. The molecule has 0 radical (unpaired) electrons. The molecule has 0 spiro atoms. The van der Waals surface area contributed by atoms with Crippen LogP contribution in [0.4, 0.5) is 0 Å². The Morgan fingerprint density at radius 3 is 2.16 bits per heavy atom. The summed E-state index contributed by atoms with van der Waals surface area (Å²) in [4.78, 5) is 39.7. The molecule has 4 fully saturated rings. The molecule has 1 amide bonds. The number of carbonyl (C=O) groups excluding carboxylic acids is 2. The Morgan fingerprint density at radius 1 is 1.08 bits per heavy atom. The molecule has 5 rings (SSSR count). The number of nitrogens with zero attached hydrogens (tertiary/aromatic N) is 1. The van der Waals surface area contributed by atoms with Crippen molar-refractivity contribution in [2.75, 3.05) is 6.54 Å². The van der Waals surface area contributed by atoms with Gasteiger partial charge in [0.1, 0.15) is 5.69 Å². The highest BCUT2D eigenvalue weighted by Gasteiger charge is 2.54. The maximum absolute atomic E-state index is 12.9. The molecule has 4 aliphatic carbocycles. The Kier molecular flexibility index (Phi) is 3.85. The van der Waals surface area contributed by atoms with E-state index in [2.05, 4.69) is 10.3 Å². The van der Waals surface area contributed by atoms with Gasteiger partial charge in [-0.15, -0.1) is 0 Å². The first-order valence-electron chi connectivity index (χ1n) is 8.96. The first-order valence-corrected chi connectivity index (χ1v) is 8.96. The molecule has 0 atom stereocenters. The lowest BCUT2D eigenvalue weighted by atomic mass is 9.48. The number of hydrogen-bond acceptors (Lipinski definition) is 4. The summed E-state index contributed by atoms with van der Waals surface area (Å²) in [5.74, 6) is 0.706. The highest BCUT2D eigenvalue weighted by atomic mass is 16.4. The normalized spacial score (nSPS) is 32.4. The third kappa shape index (κ3) is 2.94. The molecular weight excluding hydrogens is 320 g/mol. The van der Waals surface area contributed by atoms with Gasteiger partial charge in [0.25, 0.3) is 5.91 Å². The Labute approximate surface area is 146 Å². The van der Waals surface area contributed by atoms with Crippen molar-refractivity contribution in [2.24, 2.45) is 23.2 Å². The van der Waals surface area contributed by atoms with Crippen LogP contribution in [-0.4, -0.2) is 34.3 Å². The van der Waals surface area contributed by atoms with Gasteiger partial charge in [-0.05, 0) is 68.4 Å². The summed E-state index contributed by atoms with van der Waals surface area (Å²) in [6.07, 6.45) is 7.94. The second kappa shape index (κ2) is 5.93. The molecule has 1 heterocycles. The summed E-state index contributed by atoms with van der Waals surface area (Å²) in [6, 6.07) is 2.71. The van der Waals surface area contributed by atoms with Crippen LogP contribution in [0.2, 0.25) is 0 Å². The summed E-state index contributed by atoms with van der Waals surface area (Å²) in [5, 5.41) is 11.5. The first kappa shape index (κ1) is 16.2. The fourth-order valence-corrected chi connectivity index (χ4v) is 5.55. The highest BCUT2D eigenvalue weighted by molar-refractivity contribution is 5.97. The zero-order chi connectivity index (χ0) is 17.6. The van der Waals surface area contributed by atoms with Crippen LogP contribution in [0.5, 0.6) is 0 Å². The maximum atomic E-state index is 12.9. The van der Waals surface area contributed by atoms with Crippen LogP contribution in [0.3, 0.4) is 0 Å². The van der Waals surface area contributed by atoms with Gasteiger partial charge in [-0.3, -0.25) is 14.6 Å². The molecule has 1 aromatic heterocycles. The van der Waals surface area contributed by atoms with Crippen LogP contribution in [0.25, 0.3) is 0 Å². The lowest BCUT2D eigenvalue weighted by Gasteiger charge is -2.56. The highest BCUT2D eigenvalue weighted by Crippen LogP contribution is 2.60. The van der Waals surface area contributed by atoms with Crippen molar-refractivity contribution in [2.45, 2.75) is 38.5 Å². The van der Waals surface area contributed by atoms with Gasteiger partial charge in [0.15, 0.2) is 5.78 Å². The van der Waals surface area contributed by atoms with Crippen LogP contribution in [0.1, 0.15) is 59.4 Å². The van der Waals surface area contributed by atoms with Gasteiger partial charge in [0, 0.05) is 11.6 Å². The van der Waals surface area contributed by atoms with E-state index in [0.29, 0.717) is 17.8 Å². The molecule has 132 valence electrons. The predicted octanol–water partition coefficient (Wildman–Crippen LogP) is 2.30. The summed E-state index contributed by atoms with van der Waals surface area (Å²) >= 11 is 0. The monoisotopic (exact) mass is 342 g/mol. The maximum Gasteiger partial charge on any atom is 0.337 e. The molecule has 6 heteroatoms. The van der Waals surface area contributed by atoms with Crippen molar-refractivity contribution in [3.63, 3.8) is 0 Å². The summed E-state index contributed by atoms with van der Waals surface area (Å²) in [6.45, 7) is 0.0351. The van der Waals surface area contributed by atoms with Gasteiger partial charge < -0.3 is 10.4 Å². The van der Waals surface area contributed by atoms with E-state index >= 15 is 0 Å². The van der Waals surface area contributed by atoms with Crippen molar-refractivity contribution in [3.05, 3.63) is 29.6 Å². The lowest BCUT2D eigenvalue weighted by Crippen LogP contribution is -2.52. The molecule has 0 saturated heterocycles. The van der Waals surface area contributed by atoms with Gasteiger partial charge in [0.05, 0.1) is 12.1 Å². The number of pyridine rings is 1. The van der Waals surface area contributed by atoms with Crippen molar-refractivity contribution in [3.8, 4) is 0 Å². The molecule has 1 aromatic rings. The van der Waals surface area contributed by atoms with Crippen molar-refractivity contribution < 1.29 is 19.5 Å². The molecule has 2 N–H and O–H groups in total. The van der Waals surface area contributed by atoms with Crippen molar-refractivity contribution in [1.82, 2.24) is 10.3 Å². The molecule has 6 nitrogen and oxygen atoms in total. The smallest absolute Gasteiger partial charge is 0.337 e. The zero-order valence-electron chi connectivity index (χ0n) is 14.0. The van der Waals surface area contributed by atoms with E-state index in [1.165, 1.54) is 31.4 Å². The molecule has 4 saturated carbocycles. The number of aromatic nitrogens is 1. The lowest BCUT2D eigenvalue weighted by molar-refractivity contribution is -0.142. The number of ketones is 1. The van der Waals surface area contributed by atoms with Gasteiger partial charge in [-0.2, -0.15) is 0 Å². The van der Waals surface area contributed by atoms with Crippen LogP contribution in [0, 0.1) is 23.2 Å². The van der Waals surface area contributed by atoms with Crippen LogP contribution < -0.4 is 5.32 Å². The minimum absolute atomic E-state index is 0.0289. The predicted molar refractivity (Wildman–Crippen MR) is 89.1 cm³/mol. The Morgan fingerprint density at radius 2 is 1.68 bits per heavy atom. The van der Waals surface area contributed by atoms with Gasteiger partial charge in [0.2, 0.25) is 0 Å². The van der Waals surface area contributed by atoms with Crippen molar-refractivity contribution >= 4 is 17.7 Å². The number of carboxylic acid groups (broad SMARTS) is 1. The third-order valence-electron chi connectivity index (χ3n) is 6.28. The summed E-state index contributed by atoms with van der Waals surface area (Å²) in [5.41, 5.74) is -0.0627. The van der Waals surface area contributed by atoms with Gasteiger partial charge >= 0.3 is 5.97 Å². The van der Waals surface area contributed by atoms with Gasteiger partial charge in [-0.1, -0.05) is 0 Å². The Hall–Kier alpha value is -2.24. The third-order valence-corrected chi connectivity index (χ3v) is 6.28. The Bertz CT molecular complexity index is 690. The minimum Gasteiger partial charge on any atom is -0.478 e. The fraction of sp³-hybridized carbons (Fsp3) is 0.579. The minimum atomic E-state index is -1.09. The molecule has 25 heavy (non-hydrogen) atoms. The molecule has 4 bridgehead atoms. The number of Topliss-reactive ketones (excluding diaryl/α,β-unsaturated/α-hetero) is 1. The number of carboxylic acids is 1. The average Bonchev–Trinajstić information content (AvgIpc) is 2.58. The first-order chi connectivity index (χ1) is 11.9. The van der Waals surface area contributed by atoms with Crippen LogP contribution >= 0.6 is 0 Å². The van der Waals surface area contributed by atoms with E-state index in [0.717, 1.165) is 25.5 Å². The van der Waals surface area contributed by atoms with E-state index in [-0.39, 0.29) is 29.0 Å². The second-order valence-corrected chi connectivity index (χ2v) is 8.04. The van der Waals surface area contributed by atoms with E-state index in [4.69, 9.17) is 5.11 Å². The summed E-state index contributed by atoms with van der Waals surface area (Å²) < 4.78 is 0. The van der Waals surface area contributed by atoms with Crippen LogP contribution in [-0.2, 0) is 4.79 Å². The van der Waals surface area contributed by atoms with E-state index in [1.54, 1.807) is 0 Å². The van der Waals surface area contributed by atoms with Crippen molar-refractivity contribution in [1.29, 1.82) is 0 Å². The number of nitrogens with one attached hydrogen (secondary N) is 1. The number of carbonyl (C=O) groups is 3. The van der Waals surface area contributed by atoms with E-state index in [1.807, 2.05) is 0 Å². The zero-order valence-corrected chi connectivity index (χ0v) is 14.0.